The molecular formula is C14H19ClO2. The maximum Gasteiger partial charge on any atom is 0.180 e. The van der Waals surface area contributed by atoms with Gasteiger partial charge >= 0.3 is 0 Å². The molecule has 0 bridgehead atoms. The summed E-state index contributed by atoms with van der Waals surface area (Å²) in [5.41, 5.74) is 2.54. The van der Waals surface area contributed by atoms with E-state index in [-0.39, 0.29) is 11.9 Å². The minimum Gasteiger partial charge on any atom is -0.491 e. The topological polar surface area (TPSA) is 26.3 Å². The van der Waals surface area contributed by atoms with Crippen LogP contribution in [-0.4, -0.2) is 17.3 Å². The number of Topliss-reactive ketones (excluding diaryl/α,β-unsaturated/α-hetero) is 1. The number of ether oxygens (including phenoxy) is 1. The van der Waals surface area contributed by atoms with Crippen molar-refractivity contribution < 1.29 is 9.53 Å². The fourth-order valence-electron chi connectivity index (χ4n) is 1.85. The van der Waals surface area contributed by atoms with Crippen LogP contribution >= 0.6 is 11.6 Å². The van der Waals surface area contributed by atoms with Crippen molar-refractivity contribution in [2.45, 2.75) is 46.1 Å². The first-order valence-electron chi connectivity index (χ1n) is 5.79. The first kappa shape index (κ1) is 14.0. The van der Waals surface area contributed by atoms with E-state index in [9.17, 15) is 4.79 Å². The summed E-state index contributed by atoms with van der Waals surface area (Å²) in [5, 5.41) is -0.496. The second-order valence-corrected chi connectivity index (χ2v) is 5.23. The van der Waals surface area contributed by atoms with Crippen LogP contribution in [0.5, 0.6) is 5.75 Å². The van der Waals surface area contributed by atoms with E-state index in [1.54, 1.807) is 6.92 Å². The van der Waals surface area contributed by atoms with Gasteiger partial charge in [0.2, 0.25) is 0 Å². The molecule has 0 aromatic heterocycles. The highest BCUT2D eigenvalue weighted by molar-refractivity contribution is 6.34. The number of halogens is 1. The molecular weight excluding hydrogens is 236 g/mol. The predicted molar refractivity (Wildman–Crippen MR) is 71.3 cm³/mol. The molecule has 0 aliphatic carbocycles. The molecule has 0 heterocycles. The molecule has 0 aliphatic rings. The van der Waals surface area contributed by atoms with Gasteiger partial charge in [-0.25, -0.2) is 0 Å². The Balaban J connectivity index is 3.15. The Hall–Kier alpha value is -1.02. The van der Waals surface area contributed by atoms with Crippen molar-refractivity contribution in [1.82, 2.24) is 0 Å². The van der Waals surface area contributed by atoms with Gasteiger partial charge < -0.3 is 4.74 Å². The van der Waals surface area contributed by atoms with Crippen LogP contribution in [0, 0.1) is 13.8 Å². The molecule has 1 atom stereocenters. The summed E-state index contributed by atoms with van der Waals surface area (Å²) in [6.07, 6.45) is 0.127. The quantitative estimate of drug-likeness (QED) is 0.602. The smallest absolute Gasteiger partial charge is 0.180 e. The van der Waals surface area contributed by atoms with Gasteiger partial charge in [0, 0.05) is 5.56 Å². The number of carbonyl (C=O) groups is 1. The number of carbonyl (C=O) groups excluding carboxylic acids is 1. The minimum absolute atomic E-state index is 0.0298. The van der Waals surface area contributed by atoms with E-state index in [1.165, 1.54) is 0 Å². The molecule has 0 N–H and O–H groups in total. The fourth-order valence-corrected chi connectivity index (χ4v) is 1.96. The zero-order valence-corrected chi connectivity index (χ0v) is 11.8. The number of rotatable bonds is 4. The van der Waals surface area contributed by atoms with Gasteiger partial charge in [-0.05, 0) is 57.9 Å². The molecule has 3 heteroatoms. The summed E-state index contributed by atoms with van der Waals surface area (Å²) in [7, 11) is 0. The van der Waals surface area contributed by atoms with Crippen LogP contribution in [0.15, 0.2) is 12.1 Å². The normalized spacial score (nSPS) is 12.6. The Morgan fingerprint density at radius 1 is 1.18 bits per heavy atom. The molecule has 2 nitrogen and oxygen atoms in total. The third kappa shape index (κ3) is 3.47. The van der Waals surface area contributed by atoms with Gasteiger partial charge in [-0.2, -0.15) is 0 Å². The predicted octanol–water partition coefficient (Wildman–Crippen LogP) is 3.90. The van der Waals surface area contributed by atoms with Gasteiger partial charge in [-0.3, -0.25) is 4.79 Å². The molecule has 0 saturated heterocycles. The minimum atomic E-state index is -0.496. The Bertz CT molecular complexity index is 399. The Labute approximate surface area is 108 Å². The summed E-state index contributed by atoms with van der Waals surface area (Å²) >= 11 is 5.85. The molecule has 0 saturated carbocycles. The summed E-state index contributed by atoms with van der Waals surface area (Å²) in [5.74, 6) is 0.770. The Kier molecular flexibility index (Phi) is 4.58. The molecule has 1 unspecified atom stereocenters. The fraction of sp³-hybridized carbons (Fsp3) is 0.500. The average molecular weight is 255 g/mol. The molecule has 0 aliphatic heterocycles. The molecule has 0 radical (unpaired) electrons. The average Bonchev–Trinajstić information content (AvgIpc) is 2.14. The van der Waals surface area contributed by atoms with E-state index in [1.807, 2.05) is 39.8 Å². The second kappa shape index (κ2) is 5.54. The number of hydrogen-bond donors (Lipinski definition) is 0. The highest BCUT2D eigenvalue weighted by Crippen LogP contribution is 2.24. The first-order chi connectivity index (χ1) is 7.82. The van der Waals surface area contributed by atoms with Gasteiger partial charge in [0.25, 0.3) is 0 Å². The van der Waals surface area contributed by atoms with Gasteiger partial charge in [-0.15, -0.1) is 11.6 Å². The van der Waals surface area contributed by atoms with Gasteiger partial charge in [0.15, 0.2) is 5.78 Å². The van der Waals surface area contributed by atoms with Crippen LogP contribution in [0.3, 0.4) is 0 Å². The van der Waals surface area contributed by atoms with Crippen molar-refractivity contribution in [3.8, 4) is 5.75 Å². The molecule has 94 valence electrons. The molecule has 1 aromatic rings. The summed E-state index contributed by atoms with van der Waals surface area (Å²) < 4.78 is 5.63. The lowest BCUT2D eigenvalue weighted by molar-refractivity contribution is 0.0990. The standard InChI is InChI=1S/C14H19ClO2/c1-8(2)17-12-6-9(3)13(10(4)7-12)14(16)11(5)15/h6-8,11H,1-5H3. The van der Waals surface area contributed by atoms with Crippen LogP contribution < -0.4 is 4.74 Å². The summed E-state index contributed by atoms with van der Waals surface area (Å²) in [6.45, 7) is 9.47. The second-order valence-electron chi connectivity index (χ2n) is 4.58. The lowest BCUT2D eigenvalue weighted by Crippen LogP contribution is -2.14. The maximum atomic E-state index is 11.9. The number of benzene rings is 1. The first-order valence-corrected chi connectivity index (χ1v) is 6.22. The van der Waals surface area contributed by atoms with E-state index in [0.29, 0.717) is 5.56 Å². The largest absolute Gasteiger partial charge is 0.491 e. The number of ketones is 1. The van der Waals surface area contributed by atoms with Gasteiger partial charge in [0.05, 0.1) is 11.5 Å². The van der Waals surface area contributed by atoms with Gasteiger partial charge in [0.1, 0.15) is 5.75 Å². The monoisotopic (exact) mass is 254 g/mol. The SMILES string of the molecule is Cc1cc(OC(C)C)cc(C)c1C(=O)C(C)Cl. The van der Waals surface area contributed by atoms with Crippen molar-refractivity contribution in [3.05, 3.63) is 28.8 Å². The van der Waals surface area contributed by atoms with Crippen LogP contribution in [0.2, 0.25) is 0 Å². The van der Waals surface area contributed by atoms with E-state index in [0.717, 1.165) is 16.9 Å². The van der Waals surface area contributed by atoms with Crippen molar-refractivity contribution in [2.24, 2.45) is 0 Å². The van der Waals surface area contributed by atoms with E-state index in [2.05, 4.69) is 0 Å². The highest BCUT2D eigenvalue weighted by Gasteiger charge is 2.18. The molecule has 0 fully saturated rings. The number of hydrogen-bond acceptors (Lipinski definition) is 2. The number of alkyl halides is 1. The van der Waals surface area contributed by atoms with E-state index in [4.69, 9.17) is 16.3 Å². The highest BCUT2D eigenvalue weighted by atomic mass is 35.5. The molecule has 17 heavy (non-hydrogen) atoms. The number of aryl methyl sites for hydroxylation is 2. The van der Waals surface area contributed by atoms with Crippen molar-refractivity contribution >= 4 is 17.4 Å². The summed E-state index contributed by atoms with van der Waals surface area (Å²) in [6, 6.07) is 3.78. The summed E-state index contributed by atoms with van der Waals surface area (Å²) in [4.78, 5) is 11.9. The van der Waals surface area contributed by atoms with Crippen LogP contribution in [0.25, 0.3) is 0 Å². The Morgan fingerprint density at radius 3 is 2.00 bits per heavy atom. The van der Waals surface area contributed by atoms with E-state index < -0.39 is 5.38 Å². The maximum absolute atomic E-state index is 11.9. The van der Waals surface area contributed by atoms with Crippen molar-refractivity contribution in [1.29, 1.82) is 0 Å². The molecule has 1 aromatic carbocycles. The third-order valence-electron chi connectivity index (χ3n) is 2.49. The van der Waals surface area contributed by atoms with Crippen molar-refractivity contribution in [2.75, 3.05) is 0 Å². The molecule has 0 spiro atoms. The third-order valence-corrected chi connectivity index (χ3v) is 2.68. The molecule has 1 rings (SSSR count). The van der Waals surface area contributed by atoms with Crippen LogP contribution in [0.1, 0.15) is 42.3 Å². The zero-order chi connectivity index (χ0) is 13.2. The van der Waals surface area contributed by atoms with Gasteiger partial charge in [-0.1, -0.05) is 0 Å². The zero-order valence-electron chi connectivity index (χ0n) is 11.0. The van der Waals surface area contributed by atoms with E-state index >= 15 is 0 Å². The van der Waals surface area contributed by atoms with Crippen LogP contribution in [-0.2, 0) is 0 Å². The lowest BCUT2D eigenvalue weighted by Gasteiger charge is -2.15. The van der Waals surface area contributed by atoms with Crippen LogP contribution in [0.4, 0.5) is 0 Å². The lowest BCUT2D eigenvalue weighted by atomic mass is 9.97. The Morgan fingerprint density at radius 2 is 1.65 bits per heavy atom. The molecule has 0 amide bonds. The van der Waals surface area contributed by atoms with Crippen molar-refractivity contribution in [3.63, 3.8) is 0 Å².